The Morgan fingerprint density at radius 1 is 1.39 bits per heavy atom. The second-order valence-electron chi connectivity index (χ2n) is 5.63. The highest BCUT2D eigenvalue weighted by Crippen LogP contribution is 2.23. The van der Waals surface area contributed by atoms with Crippen LogP contribution in [0, 0.1) is 19.8 Å². The van der Waals surface area contributed by atoms with Crippen LogP contribution in [0.4, 0.5) is 0 Å². The van der Waals surface area contributed by atoms with Gasteiger partial charge in [-0.2, -0.15) is 5.10 Å². The Bertz CT molecular complexity index is 400. The van der Waals surface area contributed by atoms with Gasteiger partial charge >= 0.3 is 0 Å². The summed E-state index contributed by atoms with van der Waals surface area (Å²) in [5, 5.41) is 8.91. The first kappa shape index (κ1) is 13.9. The van der Waals surface area contributed by atoms with Gasteiger partial charge in [0.1, 0.15) is 0 Å². The number of aromatic nitrogens is 2. The molecule has 18 heavy (non-hydrogen) atoms. The summed E-state index contributed by atoms with van der Waals surface area (Å²) in [5.74, 6) is 0.874. The minimum absolute atomic E-state index is 0.696. The van der Waals surface area contributed by atoms with Gasteiger partial charge in [0.2, 0.25) is 0 Å². The van der Waals surface area contributed by atoms with Gasteiger partial charge in [0.05, 0.1) is 23.0 Å². The molecule has 2 rings (SSSR count). The van der Waals surface area contributed by atoms with Crippen molar-refractivity contribution in [3.63, 3.8) is 0 Å². The Labute approximate surface area is 115 Å². The monoisotopic (exact) mass is 269 g/mol. The first-order chi connectivity index (χ1) is 8.58. The molecule has 1 aromatic heterocycles. The molecule has 1 aromatic rings. The van der Waals surface area contributed by atoms with E-state index in [0.29, 0.717) is 6.04 Å². The molecule has 0 aliphatic heterocycles. The smallest absolute Gasteiger partial charge is 0.0844 e. The van der Waals surface area contributed by atoms with E-state index >= 15 is 0 Å². The van der Waals surface area contributed by atoms with Gasteiger partial charge in [-0.1, -0.05) is 31.4 Å². The zero-order valence-electron chi connectivity index (χ0n) is 11.7. The van der Waals surface area contributed by atoms with Crippen LogP contribution in [0.3, 0.4) is 0 Å². The summed E-state index contributed by atoms with van der Waals surface area (Å²) in [4.78, 5) is 0. The van der Waals surface area contributed by atoms with E-state index in [1.54, 1.807) is 0 Å². The van der Waals surface area contributed by atoms with Crippen LogP contribution in [0.5, 0.6) is 0 Å². The third-order valence-corrected chi connectivity index (χ3v) is 4.53. The second kappa shape index (κ2) is 6.07. The molecule has 0 radical (unpaired) electrons. The number of rotatable bonds is 4. The van der Waals surface area contributed by atoms with E-state index in [9.17, 15) is 0 Å². The van der Waals surface area contributed by atoms with Gasteiger partial charge < -0.3 is 5.32 Å². The number of nitrogens with one attached hydrogen (secondary N) is 1. The van der Waals surface area contributed by atoms with Gasteiger partial charge in [-0.3, -0.25) is 4.68 Å². The molecule has 1 fully saturated rings. The summed E-state index contributed by atoms with van der Waals surface area (Å²) in [7, 11) is 0. The Morgan fingerprint density at radius 2 is 2.17 bits per heavy atom. The quantitative estimate of drug-likeness (QED) is 0.909. The van der Waals surface area contributed by atoms with Gasteiger partial charge in [-0.25, -0.2) is 0 Å². The van der Waals surface area contributed by atoms with Crippen molar-refractivity contribution in [1.29, 1.82) is 0 Å². The standard InChI is InChI=1S/C14H24ClN3/c1-10-5-4-6-13(9-10)16-7-8-18-12(3)14(15)11(2)17-18/h10,13,16H,4-9H2,1-3H3. The molecular weight excluding hydrogens is 246 g/mol. The topological polar surface area (TPSA) is 29.9 Å². The molecule has 1 saturated carbocycles. The lowest BCUT2D eigenvalue weighted by Gasteiger charge is -2.27. The molecule has 0 aromatic carbocycles. The van der Waals surface area contributed by atoms with Crippen LogP contribution >= 0.6 is 11.6 Å². The van der Waals surface area contributed by atoms with Gasteiger partial charge in [0, 0.05) is 12.6 Å². The first-order valence-corrected chi connectivity index (χ1v) is 7.38. The van der Waals surface area contributed by atoms with E-state index in [0.717, 1.165) is 35.4 Å². The van der Waals surface area contributed by atoms with Crippen molar-refractivity contribution in [1.82, 2.24) is 15.1 Å². The minimum atomic E-state index is 0.696. The molecule has 0 spiro atoms. The largest absolute Gasteiger partial charge is 0.312 e. The second-order valence-corrected chi connectivity index (χ2v) is 6.01. The number of halogens is 1. The summed E-state index contributed by atoms with van der Waals surface area (Å²) in [6.07, 6.45) is 5.40. The number of nitrogens with zero attached hydrogens (tertiary/aromatic N) is 2. The number of hydrogen-bond donors (Lipinski definition) is 1. The average molecular weight is 270 g/mol. The van der Waals surface area contributed by atoms with Crippen LogP contribution in [0.1, 0.15) is 44.0 Å². The highest BCUT2D eigenvalue weighted by Gasteiger charge is 2.18. The van der Waals surface area contributed by atoms with Crippen LogP contribution in [0.15, 0.2) is 0 Å². The van der Waals surface area contributed by atoms with Crippen molar-refractivity contribution in [2.75, 3.05) is 6.54 Å². The summed E-state index contributed by atoms with van der Waals surface area (Å²) in [6.45, 7) is 8.24. The summed E-state index contributed by atoms with van der Waals surface area (Å²) in [5.41, 5.74) is 2.01. The van der Waals surface area contributed by atoms with Crippen molar-refractivity contribution in [3.05, 3.63) is 16.4 Å². The molecule has 1 heterocycles. The zero-order valence-corrected chi connectivity index (χ0v) is 12.4. The summed E-state index contributed by atoms with van der Waals surface area (Å²) >= 11 is 6.14. The molecular formula is C14H24ClN3. The highest BCUT2D eigenvalue weighted by molar-refractivity contribution is 6.31. The maximum atomic E-state index is 6.14. The Balaban J connectivity index is 1.79. The minimum Gasteiger partial charge on any atom is -0.312 e. The summed E-state index contributed by atoms with van der Waals surface area (Å²) < 4.78 is 2.01. The van der Waals surface area contributed by atoms with Gasteiger partial charge in [-0.05, 0) is 32.6 Å². The Kier molecular flexibility index (Phi) is 4.68. The third-order valence-electron chi connectivity index (χ3n) is 3.99. The molecule has 2 atom stereocenters. The van der Waals surface area contributed by atoms with E-state index in [1.165, 1.54) is 25.7 Å². The molecule has 0 amide bonds. The lowest BCUT2D eigenvalue weighted by molar-refractivity contribution is 0.298. The van der Waals surface area contributed by atoms with Gasteiger partial charge in [0.15, 0.2) is 0 Å². The molecule has 4 heteroatoms. The number of hydrogen-bond acceptors (Lipinski definition) is 2. The normalized spacial score (nSPS) is 24.4. The molecule has 102 valence electrons. The van der Waals surface area contributed by atoms with Crippen LogP contribution < -0.4 is 5.32 Å². The molecule has 0 saturated heterocycles. The van der Waals surface area contributed by atoms with Crippen molar-refractivity contribution < 1.29 is 0 Å². The third kappa shape index (κ3) is 3.27. The lowest BCUT2D eigenvalue weighted by Crippen LogP contribution is -2.35. The van der Waals surface area contributed by atoms with Crippen LogP contribution in [-0.4, -0.2) is 22.4 Å². The predicted molar refractivity (Wildman–Crippen MR) is 76.1 cm³/mol. The van der Waals surface area contributed by atoms with E-state index in [1.807, 2.05) is 18.5 Å². The van der Waals surface area contributed by atoms with E-state index in [4.69, 9.17) is 11.6 Å². The molecule has 2 unspecified atom stereocenters. The highest BCUT2D eigenvalue weighted by atomic mass is 35.5. The maximum Gasteiger partial charge on any atom is 0.0844 e. The number of aryl methyl sites for hydroxylation is 1. The fourth-order valence-electron chi connectivity index (χ4n) is 2.89. The molecule has 1 aliphatic carbocycles. The average Bonchev–Trinajstić information content (AvgIpc) is 2.57. The first-order valence-electron chi connectivity index (χ1n) is 7.00. The van der Waals surface area contributed by atoms with Crippen LogP contribution in [0.25, 0.3) is 0 Å². The van der Waals surface area contributed by atoms with Gasteiger partial charge in [0.25, 0.3) is 0 Å². The van der Waals surface area contributed by atoms with E-state index in [-0.39, 0.29) is 0 Å². The molecule has 1 aliphatic rings. The van der Waals surface area contributed by atoms with E-state index < -0.39 is 0 Å². The Hall–Kier alpha value is -0.540. The fourth-order valence-corrected chi connectivity index (χ4v) is 3.02. The van der Waals surface area contributed by atoms with Crippen molar-refractivity contribution in [2.45, 2.75) is 59.0 Å². The predicted octanol–water partition coefficient (Wildman–Crippen LogP) is 3.32. The van der Waals surface area contributed by atoms with Crippen molar-refractivity contribution >= 4 is 11.6 Å². The van der Waals surface area contributed by atoms with Crippen molar-refractivity contribution in [3.8, 4) is 0 Å². The molecule has 0 bridgehead atoms. The van der Waals surface area contributed by atoms with Crippen LogP contribution in [-0.2, 0) is 6.54 Å². The van der Waals surface area contributed by atoms with E-state index in [2.05, 4.69) is 17.3 Å². The fraction of sp³-hybridized carbons (Fsp3) is 0.786. The lowest BCUT2D eigenvalue weighted by atomic mass is 9.87. The SMILES string of the molecule is Cc1nn(CCNC2CCCC(C)C2)c(C)c1Cl. The summed E-state index contributed by atoms with van der Waals surface area (Å²) in [6, 6.07) is 0.696. The van der Waals surface area contributed by atoms with Gasteiger partial charge in [-0.15, -0.1) is 0 Å². The Morgan fingerprint density at radius 3 is 2.78 bits per heavy atom. The van der Waals surface area contributed by atoms with Crippen molar-refractivity contribution in [2.24, 2.45) is 5.92 Å². The zero-order chi connectivity index (χ0) is 13.1. The van der Waals surface area contributed by atoms with Crippen LogP contribution in [0.2, 0.25) is 5.02 Å². The molecule has 1 N–H and O–H groups in total. The molecule has 3 nitrogen and oxygen atoms in total. The maximum absolute atomic E-state index is 6.14.